The fourth-order valence-electron chi connectivity index (χ4n) is 3.98. The molecule has 0 unspecified atom stereocenters. The SMILES string of the molecule is O=C1[C@H]2[C@H](C(=O)N1N=Cc1ccc([N+](=O)[O-])cc1)[C@H]1C=C[C@H]2CC1. The third kappa shape index (κ3) is 2.16. The zero-order valence-electron chi connectivity index (χ0n) is 12.7. The van der Waals surface area contributed by atoms with Gasteiger partial charge in [-0.15, -0.1) is 0 Å². The molecule has 24 heavy (non-hydrogen) atoms. The second-order valence-electron chi connectivity index (χ2n) is 6.42. The number of amides is 2. The Hall–Kier alpha value is -2.83. The highest BCUT2D eigenvalue weighted by molar-refractivity contribution is 6.06. The van der Waals surface area contributed by atoms with Gasteiger partial charge in [0, 0.05) is 12.1 Å². The quantitative estimate of drug-likeness (QED) is 0.280. The number of fused-ring (bicyclic) bond motifs is 1. The molecule has 0 spiro atoms. The zero-order valence-corrected chi connectivity index (χ0v) is 12.7. The van der Waals surface area contributed by atoms with Gasteiger partial charge in [-0.05, 0) is 42.4 Å². The third-order valence-electron chi connectivity index (χ3n) is 5.16. The van der Waals surface area contributed by atoms with Crippen molar-refractivity contribution < 1.29 is 14.5 Å². The highest BCUT2D eigenvalue weighted by Gasteiger charge is 2.56. The number of non-ortho nitro benzene ring substituents is 1. The maximum absolute atomic E-state index is 12.6. The van der Waals surface area contributed by atoms with Crippen LogP contribution in [0.4, 0.5) is 5.69 Å². The fourth-order valence-corrected chi connectivity index (χ4v) is 3.98. The smallest absolute Gasteiger partial charge is 0.269 e. The first kappa shape index (κ1) is 14.7. The Morgan fingerprint density at radius 3 is 2.04 bits per heavy atom. The van der Waals surface area contributed by atoms with E-state index in [-0.39, 0.29) is 41.2 Å². The maximum Gasteiger partial charge on any atom is 0.269 e. The molecule has 4 atom stereocenters. The van der Waals surface area contributed by atoms with E-state index in [4.69, 9.17) is 0 Å². The molecule has 2 amide bonds. The summed E-state index contributed by atoms with van der Waals surface area (Å²) in [5, 5.41) is 15.7. The summed E-state index contributed by atoms with van der Waals surface area (Å²) < 4.78 is 0. The Balaban J connectivity index is 1.56. The van der Waals surface area contributed by atoms with Gasteiger partial charge in [0.05, 0.1) is 23.0 Å². The molecule has 1 aromatic rings. The van der Waals surface area contributed by atoms with Crippen molar-refractivity contribution >= 4 is 23.7 Å². The number of hydrazone groups is 1. The van der Waals surface area contributed by atoms with E-state index < -0.39 is 4.92 Å². The molecule has 7 heteroatoms. The van der Waals surface area contributed by atoms with E-state index in [1.165, 1.54) is 30.5 Å². The summed E-state index contributed by atoms with van der Waals surface area (Å²) in [7, 11) is 0. The Morgan fingerprint density at radius 2 is 1.58 bits per heavy atom. The van der Waals surface area contributed by atoms with Gasteiger partial charge in [-0.2, -0.15) is 10.1 Å². The molecule has 0 radical (unpaired) electrons. The average Bonchev–Trinajstić information content (AvgIpc) is 2.87. The van der Waals surface area contributed by atoms with Crippen molar-refractivity contribution in [2.75, 3.05) is 0 Å². The lowest BCUT2D eigenvalue weighted by Gasteiger charge is -2.37. The van der Waals surface area contributed by atoms with Crippen molar-refractivity contribution in [1.29, 1.82) is 0 Å². The minimum Gasteiger partial charge on any atom is -0.272 e. The summed E-state index contributed by atoms with van der Waals surface area (Å²) in [6.07, 6.45) is 7.41. The van der Waals surface area contributed by atoms with Crippen molar-refractivity contribution in [3.63, 3.8) is 0 Å². The number of nitro benzene ring substituents is 1. The lowest BCUT2D eigenvalue weighted by molar-refractivity contribution is -0.384. The minimum absolute atomic E-state index is 0.0193. The standard InChI is InChI=1S/C17H15N3O4/c21-16-14-11-3-4-12(6-5-11)15(14)17(22)19(16)18-9-10-1-7-13(8-2-10)20(23)24/h1-4,7-9,11-12,14-15H,5-6H2/t11-,12-,14+,15+/m0/s1. The molecule has 5 rings (SSSR count). The first-order chi connectivity index (χ1) is 11.6. The Kier molecular flexibility index (Phi) is 3.30. The number of imide groups is 1. The molecule has 1 aliphatic heterocycles. The molecular weight excluding hydrogens is 310 g/mol. The van der Waals surface area contributed by atoms with E-state index in [1.807, 2.05) is 0 Å². The van der Waals surface area contributed by atoms with E-state index in [1.54, 1.807) is 0 Å². The Labute approximate surface area is 137 Å². The normalized spacial score (nSPS) is 31.1. The number of hydrogen-bond acceptors (Lipinski definition) is 5. The van der Waals surface area contributed by atoms with Crippen LogP contribution in [-0.4, -0.2) is 28.0 Å². The van der Waals surface area contributed by atoms with Crippen LogP contribution in [0.1, 0.15) is 18.4 Å². The summed E-state index contributed by atoms with van der Waals surface area (Å²) in [6.45, 7) is 0. The number of carbonyl (C=O) groups excluding carboxylic acids is 2. The fraction of sp³-hybridized carbons (Fsp3) is 0.353. The molecule has 1 saturated heterocycles. The number of rotatable bonds is 3. The highest BCUT2D eigenvalue weighted by Crippen LogP contribution is 2.49. The topological polar surface area (TPSA) is 92.9 Å². The second-order valence-corrected chi connectivity index (χ2v) is 6.42. The molecule has 2 bridgehead atoms. The lowest BCUT2D eigenvalue weighted by atomic mass is 9.63. The first-order valence-corrected chi connectivity index (χ1v) is 7.91. The largest absolute Gasteiger partial charge is 0.272 e. The van der Waals surface area contributed by atoms with E-state index in [2.05, 4.69) is 17.3 Å². The van der Waals surface area contributed by atoms with Gasteiger partial charge in [-0.3, -0.25) is 19.7 Å². The molecule has 0 aromatic heterocycles. The Morgan fingerprint density at radius 1 is 1.04 bits per heavy atom. The van der Waals surface area contributed by atoms with Crippen LogP contribution in [0.25, 0.3) is 0 Å². The zero-order chi connectivity index (χ0) is 16.8. The highest BCUT2D eigenvalue weighted by atomic mass is 16.6. The minimum atomic E-state index is -0.484. The van der Waals surface area contributed by atoms with Crippen LogP contribution in [0.15, 0.2) is 41.5 Å². The van der Waals surface area contributed by atoms with Gasteiger partial charge in [0.25, 0.3) is 17.5 Å². The molecule has 4 aliphatic rings. The third-order valence-corrected chi connectivity index (χ3v) is 5.16. The van der Waals surface area contributed by atoms with Crippen molar-refractivity contribution in [2.45, 2.75) is 12.8 Å². The number of carbonyl (C=O) groups is 2. The molecule has 1 saturated carbocycles. The van der Waals surface area contributed by atoms with E-state index in [0.29, 0.717) is 5.56 Å². The summed E-state index contributed by atoms with van der Waals surface area (Å²) >= 11 is 0. The van der Waals surface area contributed by atoms with E-state index >= 15 is 0 Å². The molecule has 7 nitrogen and oxygen atoms in total. The molecule has 122 valence electrons. The van der Waals surface area contributed by atoms with Crippen molar-refractivity contribution in [1.82, 2.24) is 5.01 Å². The van der Waals surface area contributed by atoms with Crippen molar-refractivity contribution in [3.8, 4) is 0 Å². The number of allylic oxidation sites excluding steroid dienone is 2. The van der Waals surface area contributed by atoms with Gasteiger partial charge >= 0.3 is 0 Å². The van der Waals surface area contributed by atoms with Crippen LogP contribution in [0, 0.1) is 33.8 Å². The van der Waals surface area contributed by atoms with Crippen molar-refractivity contribution in [3.05, 3.63) is 52.1 Å². The van der Waals surface area contributed by atoms with Gasteiger partial charge in [-0.25, -0.2) is 0 Å². The molecular formula is C17H15N3O4. The second kappa shape index (κ2) is 5.36. The van der Waals surface area contributed by atoms with Gasteiger partial charge in [0.15, 0.2) is 0 Å². The molecule has 2 fully saturated rings. The number of benzene rings is 1. The monoisotopic (exact) mass is 325 g/mol. The summed E-state index contributed by atoms with van der Waals surface area (Å²) in [4.78, 5) is 35.3. The van der Waals surface area contributed by atoms with E-state index in [9.17, 15) is 19.7 Å². The van der Waals surface area contributed by atoms with Crippen LogP contribution in [-0.2, 0) is 9.59 Å². The van der Waals surface area contributed by atoms with Crippen LogP contribution in [0.2, 0.25) is 0 Å². The predicted molar refractivity (Wildman–Crippen MR) is 84.9 cm³/mol. The van der Waals surface area contributed by atoms with Crippen LogP contribution >= 0.6 is 0 Å². The molecule has 0 N–H and O–H groups in total. The number of nitrogens with zero attached hydrogens (tertiary/aromatic N) is 3. The van der Waals surface area contributed by atoms with Crippen LogP contribution < -0.4 is 0 Å². The van der Waals surface area contributed by atoms with E-state index in [0.717, 1.165) is 17.9 Å². The number of hydrogen-bond donors (Lipinski definition) is 0. The van der Waals surface area contributed by atoms with Crippen LogP contribution in [0.3, 0.4) is 0 Å². The van der Waals surface area contributed by atoms with Crippen molar-refractivity contribution in [2.24, 2.45) is 28.8 Å². The van der Waals surface area contributed by atoms with Gasteiger partial charge in [0.2, 0.25) is 0 Å². The van der Waals surface area contributed by atoms with Crippen LogP contribution in [0.5, 0.6) is 0 Å². The summed E-state index contributed by atoms with van der Waals surface area (Å²) in [5.41, 5.74) is 0.575. The average molecular weight is 325 g/mol. The van der Waals surface area contributed by atoms with Gasteiger partial charge in [0.1, 0.15) is 0 Å². The van der Waals surface area contributed by atoms with Gasteiger partial charge in [-0.1, -0.05) is 12.2 Å². The predicted octanol–water partition coefficient (Wildman–Crippen LogP) is 2.13. The summed E-state index contributed by atoms with van der Waals surface area (Å²) in [5.74, 6) is -0.762. The summed E-state index contributed by atoms with van der Waals surface area (Å²) in [6, 6.07) is 5.79. The first-order valence-electron chi connectivity index (χ1n) is 7.91. The maximum atomic E-state index is 12.6. The number of nitro groups is 1. The molecule has 1 aromatic carbocycles. The van der Waals surface area contributed by atoms with Gasteiger partial charge < -0.3 is 0 Å². The molecule has 3 aliphatic carbocycles. The Bertz CT molecular complexity index is 752. The molecule has 1 heterocycles. The lowest BCUT2D eigenvalue weighted by Crippen LogP contribution is -2.38.